The topological polar surface area (TPSA) is 58.3 Å². The molecule has 0 aromatic carbocycles. The number of nitrogens with zero attached hydrogens (tertiary/aromatic N) is 1. The van der Waals surface area contributed by atoms with Crippen LogP contribution in [-0.2, 0) is 13.0 Å². The zero-order valence-electron chi connectivity index (χ0n) is 7.92. The molecule has 0 radical (unpaired) electrons. The molecule has 0 aliphatic carbocycles. The first-order valence-electron chi connectivity index (χ1n) is 4.62. The summed E-state index contributed by atoms with van der Waals surface area (Å²) in [6.07, 6.45) is 3.40. The van der Waals surface area contributed by atoms with Gasteiger partial charge in [-0.1, -0.05) is 6.92 Å². The normalized spacial score (nSPS) is 10.6. The number of aliphatic hydroxyl groups excluding tert-OH is 1. The number of hydrogen-bond donors (Lipinski definition) is 2. The lowest BCUT2D eigenvalue weighted by Crippen LogP contribution is -2.15. The van der Waals surface area contributed by atoms with Gasteiger partial charge in [-0.05, 0) is 13.0 Å². The highest BCUT2D eigenvalue weighted by Crippen LogP contribution is 2.03. The van der Waals surface area contributed by atoms with Gasteiger partial charge in [-0.25, -0.2) is 4.98 Å². The Morgan fingerprint density at radius 3 is 3.08 bits per heavy atom. The minimum absolute atomic E-state index is 0.221. The number of aliphatic hydroxyl groups is 1. The van der Waals surface area contributed by atoms with E-state index in [-0.39, 0.29) is 6.61 Å². The molecule has 0 amide bonds. The molecule has 1 heterocycles. The van der Waals surface area contributed by atoms with Crippen molar-refractivity contribution in [2.24, 2.45) is 0 Å². The molecule has 0 spiro atoms. The summed E-state index contributed by atoms with van der Waals surface area (Å²) in [5.41, 5.74) is 0. The second kappa shape index (κ2) is 5.72. The minimum Gasteiger partial charge on any atom is -0.444 e. The zero-order valence-corrected chi connectivity index (χ0v) is 7.92. The molecule has 0 saturated carbocycles. The molecule has 4 heteroatoms. The van der Waals surface area contributed by atoms with Gasteiger partial charge >= 0.3 is 0 Å². The number of aromatic nitrogens is 1. The van der Waals surface area contributed by atoms with Crippen LogP contribution in [0.1, 0.15) is 25.0 Å². The molecule has 4 nitrogen and oxygen atoms in total. The van der Waals surface area contributed by atoms with Crippen LogP contribution < -0.4 is 5.32 Å². The molecule has 74 valence electrons. The third-order valence-corrected chi connectivity index (χ3v) is 1.74. The Hall–Kier alpha value is -0.870. The van der Waals surface area contributed by atoms with Crippen molar-refractivity contribution >= 4 is 0 Å². The average molecular weight is 184 g/mol. The highest BCUT2D eigenvalue weighted by Gasteiger charge is 2.00. The van der Waals surface area contributed by atoms with E-state index in [4.69, 9.17) is 9.52 Å². The van der Waals surface area contributed by atoms with E-state index in [9.17, 15) is 0 Å². The van der Waals surface area contributed by atoms with Crippen LogP contribution in [0.15, 0.2) is 10.6 Å². The van der Waals surface area contributed by atoms with Gasteiger partial charge in [-0.2, -0.15) is 0 Å². The van der Waals surface area contributed by atoms with Crippen LogP contribution in [-0.4, -0.2) is 23.2 Å². The Morgan fingerprint density at radius 2 is 2.46 bits per heavy atom. The van der Waals surface area contributed by atoms with Gasteiger partial charge in [0, 0.05) is 13.0 Å². The van der Waals surface area contributed by atoms with E-state index in [2.05, 4.69) is 10.3 Å². The molecular formula is C9H16N2O2. The lowest BCUT2D eigenvalue weighted by molar-refractivity contribution is 0.284. The van der Waals surface area contributed by atoms with Crippen molar-refractivity contribution in [2.75, 3.05) is 13.2 Å². The standard InChI is InChI=1S/C9H16N2O2/c1-2-8-6-11-9(13-8)7-10-4-3-5-12/h6,10,12H,2-5,7H2,1H3. The van der Waals surface area contributed by atoms with Crippen molar-refractivity contribution in [3.05, 3.63) is 17.8 Å². The monoisotopic (exact) mass is 184 g/mol. The van der Waals surface area contributed by atoms with Crippen molar-refractivity contribution in [2.45, 2.75) is 26.3 Å². The minimum atomic E-state index is 0.221. The van der Waals surface area contributed by atoms with Crippen molar-refractivity contribution in [1.29, 1.82) is 0 Å². The Balaban J connectivity index is 2.20. The molecule has 0 bridgehead atoms. The number of rotatable bonds is 6. The van der Waals surface area contributed by atoms with Crippen LogP contribution in [0.4, 0.5) is 0 Å². The molecule has 0 unspecified atom stereocenters. The fourth-order valence-electron chi connectivity index (χ4n) is 0.993. The Labute approximate surface area is 78.0 Å². The van der Waals surface area contributed by atoms with Crippen LogP contribution in [0.2, 0.25) is 0 Å². The Morgan fingerprint density at radius 1 is 1.62 bits per heavy atom. The first-order valence-corrected chi connectivity index (χ1v) is 4.62. The first kappa shape index (κ1) is 10.2. The predicted octanol–water partition coefficient (Wildman–Crippen LogP) is 0.709. The summed E-state index contributed by atoms with van der Waals surface area (Å²) in [5, 5.41) is 11.7. The second-order valence-corrected chi connectivity index (χ2v) is 2.83. The first-order chi connectivity index (χ1) is 6.36. The maximum atomic E-state index is 8.53. The highest BCUT2D eigenvalue weighted by molar-refractivity contribution is 4.93. The second-order valence-electron chi connectivity index (χ2n) is 2.83. The van der Waals surface area contributed by atoms with Gasteiger partial charge in [-0.3, -0.25) is 0 Å². The third kappa shape index (κ3) is 3.57. The summed E-state index contributed by atoms with van der Waals surface area (Å²) in [7, 11) is 0. The van der Waals surface area contributed by atoms with E-state index in [1.165, 1.54) is 0 Å². The fraction of sp³-hybridized carbons (Fsp3) is 0.667. The Kier molecular flexibility index (Phi) is 4.49. The molecule has 0 atom stereocenters. The molecule has 0 aliphatic heterocycles. The Bertz CT molecular complexity index is 235. The lowest BCUT2D eigenvalue weighted by Gasteiger charge is -1.98. The van der Waals surface area contributed by atoms with Gasteiger partial charge in [0.25, 0.3) is 0 Å². The van der Waals surface area contributed by atoms with Gasteiger partial charge in [0.2, 0.25) is 5.89 Å². The molecule has 1 rings (SSSR count). The van der Waals surface area contributed by atoms with Crippen LogP contribution in [0.3, 0.4) is 0 Å². The lowest BCUT2D eigenvalue weighted by atomic mass is 10.4. The smallest absolute Gasteiger partial charge is 0.208 e. The average Bonchev–Trinajstić information content (AvgIpc) is 2.60. The molecule has 0 aliphatic rings. The van der Waals surface area contributed by atoms with Crippen LogP contribution in [0, 0.1) is 0 Å². The summed E-state index contributed by atoms with van der Waals surface area (Å²) in [6, 6.07) is 0. The number of aryl methyl sites for hydroxylation is 1. The van der Waals surface area contributed by atoms with Gasteiger partial charge in [0.1, 0.15) is 5.76 Å². The molecule has 2 N–H and O–H groups in total. The van der Waals surface area contributed by atoms with E-state index >= 15 is 0 Å². The molecule has 13 heavy (non-hydrogen) atoms. The summed E-state index contributed by atoms with van der Waals surface area (Å²) < 4.78 is 5.38. The van der Waals surface area contributed by atoms with Crippen molar-refractivity contribution < 1.29 is 9.52 Å². The summed E-state index contributed by atoms with van der Waals surface area (Å²) in [5.74, 6) is 1.63. The molecule has 0 fully saturated rings. The van der Waals surface area contributed by atoms with E-state index in [0.717, 1.165) is 31.0 Å². The van der Waals surface area contributed by atoms with Crippen LogP contribution in [0.25, 0.3) is 0 Å². The van der Waals surface area contributed by atoms with Gasteiger partial charge in [-0.15, -0.1) is 0 Å². The predicted molar refractivity (Wildman–Crippen MR) is 49.3 cm³/mol. The van der Waals surface area contributed by atoms with Gasteiger partial charge < -0.3 is 14.8 Å². The van der Waals surface area contributed by atoms with E-state index in [1.54, 1.807) is 6.20 Å². The van der Waals surface area contributed by atoms with Crippen molar-refractivity contribution in [3.8, 4) is 0 Å². The number of hydrogen-bond acceptors (Lipinski definition) is 4. The SMILES string of the molecule is CCc1cnc(CNCCCO)o1. The van der Waals surface area contributed by atoms with Crippen molar-refractivity contribution in [3.63, 3.8) is 0 Å². The van der Waals surface area contributed by atoms with Crippen LogP contribution >= 0.6 is 0 Å². The largest absolute Gasteiger partial charge is 0.444 e. The molecule has 1 aromatic rings. The molecule has 0 saturated heterocycles. The molecule has 1 aromatic heterocycles. The number of nitrogens with one attached hydrogen (secondary N) is 1. The summed E-state index contributed by atoms with van der Waals surface area (Å²) >= 11 is 0. The highest BCUT2D eigenvalue weighted by atomic mass is 16.4. The third-order valence-electron chi connectivity index (χ3n) is 1.74. The van der Waals surface area contributed by atoms with E-state index in [0.29, 0.717) is 6.54 Å². The van der Waals surface area contributed by atoms with E-state index in [1.807, 2.05) is 6.92 Å². The quantitative estimate of drug-likeness (QED) is 0.639. The van der Waals surface area contributed by atoms with Crippen LogP contribution in [0.5, 0.6) is 0 Å². The fourth-order valence-corrected chi connectivity index (χ4v) is 0.993. The zero-order chi connectivity index (χ0) is 9.52. The van der Waals surface area contributed by atoms with Crippen molar-refractivity contribution in [1.82, 2.24) is 10.3 Å². The van der Waals surface area contributed by atoms with E-state index < -0.39 is 0 Å². The molecular weight excluding hydrogens is 168 g/mol. The number of oxazole rings is 1. The van der Waals surface area contributed by atoms with Gasteiger partial charge in [0.05, 0.1) is 12.7 Å². The summed E-state index contributed by atoms with van der Waals surface area (Å²) in [4.78, 5) is 4.09. The maximum Gasteiger partial charge on any atom is 0.208 e. The summed E-state index contributed by atoms with van der Waals surface area (Å²) in [6.45, 7) is 3.68. The van der Waals surface area contributed by atoms with Gasteiger partial charge in [0.15, 0.2) is 0 Å². The maximum absolute atomic E-state index is 8.53.